The van der Waals surface area contributed by atoms with Crippen LogP contribution in [0.3, 0.4) is 0 Å². The molecule has 0 spiro atoms. The molecule has 0 bridgehead atoms. The van der Waals surface area contributed by atoms with Gasteiger partial charge in [0.1, 0.15) is 5.75 Å². The molecule has 0 amide bonds. The van der Waals surface area contributed by atoms with Crippen LogP contribution in [-0.2, 0) is 18.5 Å². The summed E-state index contributed by atoms with van der Waals surface area (Å²) in [7, 11) is 0. The maximum absolute atomic E-state index is 13.1. The predicted octanol–water partition coefficient (Wildman–Crippen LogP) is 5.60. The molecule has 0 aliphatic carbocycles. The van der Waals surface area contributed by atoms with Gasteiger partial charge in [-0.15, -0.1) is 0 Å². The van der Waals surface area contributed by atoms with Crippen LogP contribution in [0, 0.1) is 0 Å². The quantitative estimate of drug-likeness (QED) is 0.615. The summed E-state index contributed by atoms with van der Waals surface area (Å²) in [6.45, 7) is 0. The summed E-state index contributed by atoms with van der Waals surface area (Å²) in [5.41, 5.74) is -6.78. The lowest BCUT2D eigenvalue weighted by atomic mass is 9.93. The van der Waals surface area contributed by atoms with Crippen LogP contribution in [0.15, 0.2) is 24.3 Å². The number of halogens is 9. The highest BCUT2D eigenvalue weighted by molar-refractivity contribution is 5.95. The average molecular weight is 348 g/mol. The Balaban J connectivity index is 3.14. The number of phenolic OH excluding ortho intramolecular Hbond substituents is 1. The summed E-state index contributed by atoms with van der Waals surface area (Å²) >= 11 is 0. The fourth-order valence-corrected chi connectivity index (χ4v) is 2.21. The van der Waals surface area contributed by atoms with Crippen molar-refractivity contribution in [2.75, 3.05) is 0 Å². The summed E-state index contributed by atoms with van der Waals surface area (Å²) in [6, 6.07) is 1.36. The number of rotatable bonds is 0. The molecule has 0 saturated carbocycles. The first-order valence-corrected chi connectivity index (χ1v) is 5.75. The van der Waals surface area contributed by atoms with Crippen LogP contribution < -0.4 is 0 Å². The molecule has 0 radical (unpaired) electrons. The van der Waals surface area contributed by atoms with Crippen molar-refractivity contribution in [3.8, 4) is 5.75 Å². The van der Waals surface area contributed by atoms with E-state index in [1.54, 1.807) is 0 Å². The van der Waals surface area contributed by atoms with E-state index in [1.807, 2.05) is 0 Å². The van der Waals surface area contributed by atoms with E-state index in [9.17, 15) is 44.6 Å². The van der Waals surface area contributed by atoms with Crippen molar-refractivity contribution in [1.29, 1.82) is 0 Å². The summed E-state index contributed by atoms with van der Waals surface area (Å²) < 4.78 is 116. The molecule has 23 heavy (non-hydrogen) atoms. The molecule has 0 atom stereocenters. The molecular weight excluding hydrogens is 343 g/mol. The van der Waals surface area contributed by atoms with Crippen LogP contribution in [0.2, 0.25) is 0 Å². The molecule has 0 unspecified atom stereocenters. The van der Waals surface area contributed by atoms with Gasteiger partial charge in [-0.2, -0.15) is 39.5 Å². The lowest BCUT2D eigenvalue weighted by molar-refractivity contribution is -0.161. The van der Waals surface area contributed by atoms with Gasteiger partial charge >= 0.3 is 18.5 Å². The lowest BCUT2D eigenvalue weighted by Gasteiger charge is -2.21. The van der Waals surface area contributed by atoms with Crippen LogP contribution in [-0.4, -0.2) is 5.11 Å². The molecule has 1 N–H and O–H groups in total. The summed E-state index contributed by atoms with van der Waals surface area (Å²) in [5.74, 6) is -1.33. The van der Waals surface area contributed by atoms with Gasteiger partial charge in [-0.3, -0.25) is 0 Å². The number of aromatic hydroxyl groups is 1. The first kappa shape index (κ1) is 17.2. The third kappa shape index (κ3) is 3.02. The van der Waals surface area contributed by atoms with Crippen LogP contribution in [0.1, 0.15) is 16.7 Å². The van der Waals surface area contributed by atoms with E-state index in [0.29, 0.717) is 12.1 Å². The Morgan fingerprint density at radius 2 is 1.22 bits per heavy atom. The Hall–Kier alpha value is -2.13. The molecule has 0 heterocycles. The summed E-state index contributed by atoms with van der Waals surface area (Å²) in [4.78, 5) is 0. The van der Waals surface area contributed by atoms with Crippen LogP contribution in [0.5, 0.6) is 5.75 Å². The van der Waals surface area contributed by atoms with Gasteiger partial charge in [-0.1, -0.05) is 12.1 Å². The van der Waals surface area contributed by atoms with Gasteiger partial charge < -0.3 is 5.11 Å². The highest BCUT2D eigenvalue weighted by atomic mass is 19.4. The van der Waals surface area contributed by atoms with Crippen molar-refractivity contribution >= 4 is 10.8 Å². The topological polar surface area (TPSA) is 20.2 Å². The molecule has 10 heteroatoms. The predicted molar refractivity (Wildman–Crippen MR) is 60.6 cm³/mol. The first-order chi connectivity index (χ1) is 10.2. The zero-order chi connectivity index (χ0) is 17.8. The number of benzene rings is 2. The smallest absolute Gasteiger partial charge is 0.417 e. The molecule has 0 aliphatic rings. The average Bonchev–Trinajstić information content (AvgIpc) is 2.34. The fourth-order valence-electron chi connectivity index (χ4n) is 2.21. The van der Waals surface area contributed by atoms with Gasteiger partial charge in [0.25, 0.3) is 0 Å². The van der Waals surface area contributed by atoms with E-state index < -0.39 is 51.7 Å². The molecule has 2 rings (SSSR count). The van der Waals surface area contributed by atoms with E-state index >= 15 is 0 Å². The first-order valence-electron chi connectivity index (χ1n) is 5.75. The molecule has 1 nitrogen and oxygen atoms in total. The number of hydrogen-bond donors (Lipinski definition) is 1. The SMILES string of the molecule is Oc1cc(C(F)(F)F)c(C(F)(F)F)c2c(C(F)(F)F)cccc12. The van der Waals surface area contributed by atoms with Gasteiger partial charge in [0.05, 0.1) is 16.7 Å². The standard InChI is InChI=1S/C13H5F9O/c14-11(15,16)6-3-1-2-5-8(23)4-7(12(17,18)19)10(9(5)6)13(20,21)22/h1-4,23H. The van der Waals surface area contributed by atoms with E-state index in [4.69, 9.17) is 0 Å². The Morgan fingerprint density at radius 3 is 1.65 bits per heavy atom. The third-order valence-corrected chi connectivity index (χ3v) is 3.04. The fraction of sp³-hybridized carbons (Fsp3) is 0.231. The van der Waals surface area contributed by atoms with Gasteiger partial charge in [0.15, 0.2) is 0 Å². The van der Waals surface area contributed by atoms with E-state index in [1.165, 1.54) is 0 Å². The molecular formula is C13H5F9O. The van der Waals surface area contributed by atoms with Crippen molar-refractivity contribution in [3.63, 3.8) is 0 Å². The van der Waals surface area contributed by atoms with E-state index in [0.717, 1.165) is 0 Å². The molecule has 0 aromatic heterocycles. The second kappa shape index (κ2) is 4.93. The minimum atomic E-state index is -5.71. The summed E-state index contributed by atoms with van der Waals surface area (Å²) in [5, 5.41) is 6.75. The zero-order valence-corrected chi connectivity index (χ0v) is 10.7. The molecule has 0 saturated heterocycles. The molecule has 0 fully saturated rings. The van der Waals surface area contributed by atoms with Gasteiger partial charge in [0.2, 0.25) is 0 Å². The maximum Gasteiger partial charge on any atom is 0.417 e. The Bertz CT molecular complexity index is 753. The second-order valence-electron chi connectivity index (χ2n) is 4.54. The van der Waals surface area contributed by atoms with Gasteiger partial charge in [0, 0.05) is 10.8 Å². The van der Waals surface area contributed by atoms with Crippen molar-refractivity contribution in [2.45, 2.75) is 18.5 Å². The Morgan fingerprint density at radius 1 is 0.696 bits per heavy atom. The van der Waals surface area contributed by atoms with Crippen molar-refractivity contribution in [3.05, 3.63) is 41.0 Å². The number of phenols is 1. The Labute approximate surface area is 121 Å². The highest BCUT2D eigenvalue weighted by Crippen LogP contribution is 2.49. The van der Waals surface area contributed by atoms with E-state index in [2.05, 4.69) is 0 Å². The molecule has 0 aliphatic heterocycles. The van der Waals surface area contributed by atoms with Gasteiger partial charge in [-0.25, -0.2) is 0 Å². The number of alkyl halides is 9. The zero-order valence-electron chi connectivity index (χ0n) is 10.7. The maximum atomic E-state index is 13.1. The molecule has 2 aromatic rings. The monoisotopic (exact) mass is 348 g/mol. The number of hydrogen-bond acceptors (Lipinski definition) is 1. The Kier molecular flexibility index (Phi) is 3.70. The second-order valence-corrected chi connectivity index (χ2v) is 4.54. The molecule has 2 aromatic carbocycles. The van der Waals surface area contributed by atoms with Crippen LogP contribution >= 0.6 is 0 Å². The molecule has 126 valence electrons. The largest absolute Gasteiger partial charge is 0.507 e. The minimum Gasteiger partial charge on any atom is -0.507 e. The highest BCUT2D eigenvalue weighted by Gasteiger charge is 2.47. The lowest BCUT2D eigenvalue weighted by Crippen LogP contribution is -2.19. The van der Waals surface area contributed by atoms with Gasteiger partial charge in [-0.05, 0) is 12.1 Å². The summed E-state index contributed by atoms with van der Waals surface area (Å²) in [6.07, 6.45) is -16.6. The normalized spacial score (nSPS) is 13.6. The number of fused-ring (bicyclic) bond motifs is 1. The van der Waals surface area contributed by atoms with Crippen LogP contribution in [0.4, 0.5) is 39.5 Å². The van der Waals surface area contributed by atoms with Crippen molar-refractivity contribution < 1.29 is 44.6 Å². The van der Waals surface area contributed by atoms with Crippen molar-refractivity contribution in [2.24, 2.45) is 0 Å². The van der Waals surface area contributed by atoms with Crippen molar-refractivity contribution in [1.82, 2.24) is 0 Å². The van der Waals surface area contributed by atoms with E-state index in [-0.39, 0.29) is 12.1 Å². The van der Waals surface area contributed by atoms with Crippen LogP contribution in [0.25, 0.3) is 10.8 Å². The third-order valence-electron chi connectivity index (χ3n) is 3.04. The minimum absolute atomic E-state index is 0.219.